The molecule has 0 unspecified atom stereocenters. The van der Waals surface area contributed by atoms with E-state index in [4.69, 9.17) is 20.9 Å². The molecule has 134 valence electrons. The first-order chi connectivity index (χ1) is 12.1. The maximum atomic E-state index is 6.32. The van der Waals surface area contributed by atoms with E-state index < -0.39 is 0 Å². The van der Waals surface area contributed by atoms with Crippen molar-refractivity contribution in [2.45, 2.75) is 57.2 Å². The average Bonchev–Trinajstić information content (AvgIpc) is 3.27. The van der Waals surface area contributed by atoms with Crippen molar-refractivity contribution in [3.63, 3.8) is 0 Å². The minimum Gasteiger partial charge on any atom is -0.485 e. The van der Waals surface area contributed by atoms with Gasteiger partial charge in [0.2, 0.25) is 5.58 Å². The molecule has 3 aliphatic heterocycles. The van der Waals surface area contributed by atoms with Gasteiger partial charge in [0.05, 0.1) is 16.5 Å². The van der Waals surface area contributed by atoms with Gasteiger partial charge < -0.3 is 14.6 Å². The third-order valence-corrected chi connectivity index (χ3v) is 6.47. The summed E-state index contributed by atoms with van der Waals surface area (Å²) in [5, 5.41) is 9.59. The highest BCUT2D eigenvalue weighted by Gasteiger charge is 2.60. The van der Waals surface area contributed by atoms with Crippen LogP contribution in [0.2, 0.25) is 5.02 Å². The molecule has 1 saturated carbocycles. The molecule has 25 heavy (non-hydrogen) atoms. The Hall–Kier alpha value is -1.46. The molecular formula is C19H24ClN3O2. The van der Waals surface area contributed by atoms with Gasteiger partial charge in [-0.15, -0.1) is 0 Å². The molecule has 6 heteroatoms. The van der Waals surface area contributed by atoms with E-state index in [-0.39, 0.29) is 6.10 Å². The molecule has 2 aromatic rings. The van der Waals surface area contributed by atoms with Crippen LogP contribution in [0.3, 0.4) is 0 Å². The molecule has 2 bridgehead atoms. The summed E-state index contributed by atoms with van der Waals surface area (Å²) in [5.74, 6) is 2.15. The summed E-state index contributed by atoms with van der Waals surface area (Å²) in [4.78, 5) is 2.69. The molecule has 0 radical (unpaired) electrons. The third-order valence-electron chi connectivity index (χ3n) is 6.18. The largest absolute Gasteiger partial charge is 0.485 e. The summed E-state index contributed by atoms with van der Waals surface area (Å²) in [7, 11) is 0. The minimum atomic E-state index is 0.0289. The zero-order valence-corrected chi connectivity index (χ0v) is 15.5. The number of fused-ring (bicyclic) bond motifs is 3. The van der Waals surface area contributed by atoms with Gasteiger partial charge in [0, 0.05) is 11.6 Å². The predicted molar refractivity (Wildman–Crippen MR) is 98.5 cm³/mol. The number of hydrogen-bond acceptors (Lipinski definition) is 5. The van der Waals surface area contributed by atoms with Gasteiger partial charge >= 0.3 is 0 Å². The maximum absolute atomic E-state index is 6.32. The second-order valence-electron chi connectivity index (χ2n) is 8.00. The van der Waals surface area contributed by atoms with Crippen LogP contribution in [-0.4, -0.2) is 40.8 Å². The zero-order chi connectivity index (χ0) is 17.2. The van der Waals surface area contributed by atoms with Crippen LogP contribution in [0.5, 0.6) is 5.75 Å². The highest BCUT2D eigenvalue weighted by Crippen LogP contribution is 2.54. The second kappa shape index (κ2) is 5.52. The molecule has 4 fully saturated rings. The van der Waals surface area contributed by atoms with Crippen molar-refractivity contribution in [1.29, 1.82) is 0 Å². The highest BCUT2D eigenvalue weighted by atomic mass is 35.5. The fraction of sp³-hybridized carbons (Fsp3) is 0.632. The lowest BCUT2D eigenvalue weighted by Crippen LogP contribution is -2.62. The van der Waals surface area contributed by atoms with Crippen molar-refractivity contribution in [3.05, 3.63) is 17.2 Å². The van der Waals surface area contributed by atoms with Gasteiger partial charge in [0.15, 0.2) is 11.6 Å². The number of benzene rings is 1. The van der Waals surface area contributed by atoms with Crippen molar-refractivity contribution in [2.24, 2.45) is 5.92 Å². The highest BCUT2D eigenvalue weighted by molar-refractivity contribution is 6.33. The maximum Gasteiger partial charge on any atom is 0.212 e. The van der Waals surface area contributed by atoms with E-state index in [2.05, 4.69) is 15.4 Å². The van der Waals surface area contributed by atoms with Gasteiger partial charge in [-0.05, 0) is 70.7 Å². The Morgan fingerprint density at radius 3 is 2.76 bits per heavy atom. The lowest BCUT2D eigenvalue weighted by Gasteiger charge is -2.52. The molecule has 1 aromatic carbocycles. The second-order valence-corrected chi connectivity index (χ2v) is 8.41. The van der Waals surface area contributed by atoms with Crippen molar-refractivity contribution in [2.75, 3.05) is 18.4 Å². The Bertz CT molecular complexity index is 806. The first-order valence-corrected chi connectivity index (χ1v) is 9.72. The van der Waals surface area contributed by atoms with Gasteiger partial charge in [-0.1, -0.05) is 16.8 Å². The number of anilines is 1. The molecule has 1 spiro atoms. The number of ether oxygens (including phenoxy) is 1. The SMILES string of the molecule is CC(C)Oc1c(Cl)ccc2c(N[C@@H]3C4CCN(CC4)C34CC4)noc12. The molecular weight excluding hydrogens is 338 g/mol. The van der Waals surface area contributed by atoms with Crippen LogP contribution in [0.1, 0.15) is 39.5 Å². The normalized spacial score (nSPS) is 29.5. The number of nitrogens with zero attached hydrogens (tertiary/aromatic N) is 2. The third kappa shape index (κ3) is 2.36. The lowest BCUT2D eigenvalue weighted by molar-refractivity contribution is 0.0202. The van der Waals surface area contributed by atoms with Crippen LogP contribution in [0, 0.1) is 5.92 Å². The van der Waals surface area contributed by atoms with Crippen LogP contribution in [0.25, 0.3) is 11.0 Å². The van der Waals surface area contributed by atoms with Crippen LogP contribution < -0.4 is 10.1 Å². The topological polar surface area (TPSA) is 50.5 Å². The molecule has 1 atom stereocenters. The quantitative estimate of drug-likeness (QED) is 0.879. The van der Waals surface area contributed by atoms with Gasteiger partial charge in [0.1, 0.15) is 0 Å². The van der Waals surface area contributed by atoms with Gasteiger partial charge in [-0.3, -0.25) is 4.90 Å². The number of rotatable bonds is 4. The molecule has 3 saturated heterocycles. The van der Waals surface area contributed by atoms with E-state index in [0.717, 1.165) is 17.1 Å². The van der Waals surface area contributed by atoms with Crippen LogP contribution in [0.4, 0.5) is 5.82 Å². The van der Waals surface area contributed by atoms with Crippen molar-refractivity contribution >= 4 is 28.4 Å². The smallest absolute Gasteiger partial charge is 0.212 e. The first kappa shape index (κ1) is 15.8. The number of piperidine rings is 3. The van der Waals surface area contributed by atoms with Crippen molar-refractivity contribution in [3.8, 4) is 5.75 Å². The van der Waals surface area contributed by atoms with E-state index in [1.165, 1.54) is 38.8 Å². The Morgan fingerprint density at radius 1 is 1.32 bits per heavy atom. The van der Waals surface area contributed by atoms with E-state index in [1.54, 1.807) is 0 Å². The summed E-state index contributed by atoms with van der Waals surface area (Å²) in [6.45, 7) is 6.47. The predicted octanol–water partition coefficient (Wildman–Crippen LogP) is 4.31. The Labute approximate surface area is 152 Å². The van der Waals surface area contributed by atoms with Gasteiger partial charge in [0.25, 0.3) is 0 Å². The molecule has 1 N–H and O–H groups in total. The molecule has 4 aliphatic rings. The number of nitrogens with one attached hydrogen (secondary N) is 1. The zero-order valence-electron chi connectivity index (χ0n) is 14.7. The van der Waals surface area contributed by atoms with Crippen LogP contribution in [-0.2, 0) is 0 Å². The molecule has 1 aliphatic carbocycles. The first-order valence-electron chi connectivity index (χ1n) is 9.34. The lowest BCUT2D eigenvalue weighted by atomic mass is 9.77. The van der Waals surface area contributed by atoms with Crippen molar-refractivity contribution < 1.29 is 9.26 Å². The number of aromatic nitrogens is 1. The molecule has 5 nitrogen and oxygen atoms in total. The monoisotopic (exact) mass is 361 g/mol. The summed E-state index contributed by atoms with van der Waals surface area (Å²) in [6.07, 6.45) is 5.18. The molecule has 4 heterocycles. The molecule has 6 rings (SSSR count). The van der Waals surface area contributed by atoms with Crippen LogP contribution in [0.15, 0.2) is 16.7 Å². The van der Waals surface area contributed by atoms with Gasteiger partial charge in [-0.25, -0.2) is 0 Å². The van der Waals surface area contributed by atoms with E-state index in [9.17, 15) is 0 Å². The van der Waals surface area contributed by atoms with E-state index in [1.807, 2.05) is 26.0 Å². The Morgan fingerprint density at radius 2 is 2.08 bits per heavy atom. The summed E-state index contributed by atoms with van der Waals surface area (Å²) < 4.78 is 11.5. The minimum absolute atomic E-state index is 0.0289. The van der Waals surface area contributed by atoms with Crippen molar-refractivity contribution in [1.82, 2.24) is 10.1 Å². The Balaban J connectivity index is 1.50. The van der Waals surface area contributed by atoms with E-state index in [0.29, 0.717) is 27.9 Å². The number of hydrogen-bond donors (Lipinski definition) is 1. The van der Waals surface area contributed by atoms with Crippen LogP contribution >= 0.6 is 11.6 Å². The Kier molecular flexibility index (Phi) is 3.48. The average molecular weight is 362 g/mol. The fourth-order valence-corrected chi connectivity index (χ4v) is 5.07. The molecule has 1 aromatic heterocycles. The summed E-state index contributed by atoms with van der Waals surface area (Å²) in [5.41, 5.74) is 0.991. The molecule has 0 amide bonds. The van der Waals surface area contributed by atoms with E-state index >= 15 is 0 Å². The standard InChI is InChI=1S/C19H24ClN3O2/c1-11(2)24-16-14(20)4-3-13-15(16)25-22-18(13)21-17-12-5-9-23(10-6-12)19(17)7-8-19/h3-4,11-12,17H,5-10H2,1-2H3,(H,21,22)/t17-/m1/s1. The number of halogens is 1. The summed E-state index contributed by atoms with van der Waals surface area (Å²) in [6, 6.07) is 4.31. The fourth-order valence-electron chi connectivity index (χ4n) is 4.87. The van der Waals surface area contributed by atoms with Gasteiger partial charge in [-0.2, -0.15) is 0 Å². The summed E-state index contributed by atoms with van der Waals surface area (Å²) >= 11 is 6.32.